The largest absolute Gasteiger partial charge is 0.340 e. The van der Waals surface area contributed by atoms with Crippen LogP contribution in [0.1, 0.15) is 5.82 Å². The molecule has 94 valence electrons. The molecule has 1 aliphatic heterocycles. The van der Waals surface area contributed by atoms with E-state index in [-0.39, 0.29) is 0 Å². The van der Waals surface area contributed by atoms with E-state index in [0.717, 1.165) is 42.6 Å². The maximum absolute atomic E-state index is 4.50. The third-order valence-corrected chi connectivity index (χ3v) is 4.08. The molecule has 0 amide bonds. The first kappa shape index (κ1) is 11.0. The highest BCUT2D eigenvalue weighted by atomic mass is 15.4. The number of anilines is 1. The Morgan fingerprint density at radius 1 is 1.29 bits per heavy atom. The molecule has 1 aromatic heterocycles. The van der Waals surface area contributed by atoms with E-state index in [1.54, 1.807) is 0 Å². The predicted molar refractivity (Wildman–Crippen MR) is 67.0 cm³/mol. The van der Waals surface area contributed by atoms with Crippen molar-refractivity contribution in [2.75, 3.05) is 38.6 Å². The average molecular weight is 235 g/mol. The van der Waals surface area contributed by atoms with Crippen molar-refractivity contribution in [1.29, 1.82) is 0 Å². The van der Waals surface area contributed by atoms with Crippen LogP contribution in [0.15, 0.2) is 0 Å². The molecule has 1 aromatic rings. The number of aryl methyl sites for hydroxylation is 2. The molecule has 5 heteroatoms. The summed E-state index contributed by atoms with van der Waals surface area (Å²) in [6.45, 7) is 5.51. The summed E-state index contributed by atoms with van der Waals surface area (Å²) in [6.07, 6.45) is 0. The van der Waals surface area contributed by atoms with Gasteiger partial charge in [-0.2, -0.15) is 10.1 Å². The van der Waals surface area contributed by atoms with Gasteiger partial charge in [-0.3, -0.25) is 0 Å². The average Bonchev–Trinajstić information content (AvgIpc) is 2.64. The van der Waals surface area contributed by atoms with Crippen LogP contribution in [0, 0.1) is 24.7 Å². The molecule has 0 spiro atoms. The molecule has 1 unspecified atom stereocenters. The van der Waals surface area contributed by atoms with E-state index in [1.807, 2.05) is 18.7 Å². The highest BCUT2D eigenvalue weighted by Gasteiger charge is 2.55. The molecule has 2 fully saturated rings. The van der Waals surface area contributed by atoms with Gasteiger partial charge >= 0.3 is 0 Å². The molecule has 0 N–H and O–H groups in total. The number of aromatic nitrogens is 3. The lowest BCUT2D eigenvalue weighted by Crippen LogP contribution is -2.29. The molecule has 1 aliphatic carbocycles. The first-order valence-corrected chi connectivity index (χ1v) is 6.33. The number of nitrogens with zero attached hydrogens (tertiary/aromatic N) is 5. The Morgan fingerprint density at radius 2 is 1.94 bits per heavy atom. The van der Waals surface area contributed by atoms with Crippen LogP contribution in [0.2, 0.25) is 0 Å². The summed E-state index contributed by atoms with van der Waals surface area (Å²) in [7, 11) is 6.31. The van der Waals surface area contributed by atoms with E-state index in [2.05, 4.69) is 34.0 Å². The molecule has 2 heterocycles. The Bertz CT molecular complexity index is 413. The van der Waals surface area contributed by atoms with Gasteiger partial charge in [-0.1, -0.05) is 0 Å². The number of fused-ring (bicyclic) bond motifs is 1. The number of hydrogen-bond acceptors (Lipinski definition) is 4. The van der Waals surface area contributed by atoms with E-state index in [1.165, 1.54) is 6.54 Å². The molecule has 0 aromatic carbocycles. The summed E-state index contributed by atoms with van der Waals surface area (Å²) in [5.41, 5.74) is 0. The summed E-state index contributed by atoms with van der Waals surface area (Å²) >= 11 is 0. The standard InChI is InChI=1S/C12H21N5/c1-8-13-12(16(4)14-8)17-6-10-9(5-15(2)3)11(10)7-17/h9-11H,5-7H2,1-4H3/t9?,10-,11+. The maximum Gasteiger partial charge on any atom is 0.223 e. The van der Waals surface area contributed by atoms with Crippen molar-refractivity contribution in [2.24, 2.45) is 24.8 Å². The minimum absolute atomic E-state index is 0.868. The van der Waals surface area contributed by atoms with Crippen molar-refractivity contribution in [1.82, 2.24) is 19.7 Å². The van der Waals surface area contributed by atoms with Gasteiger partial charge < -0.3 is 9.80 Å². The Labute approximate surface area is 102 Å². The minimum atomic E-state index is 0.868. The molecular weight excluding hydrogens is 214 g/mol. The number of hydrogen-bond donors (Lipinski definition) is 0. The fraction of sp³-hybridized carbons (Fsp3) is 0.833. The lowest BCUT2D eigenvalue weighted by atomic mass is 10.2. The molecule has 5 nitrogen and oxygen atoms in total. The third-order valence-electron chi connectivity index (χ3n) is 4.08. The predicted octanol–water partition coefficient (Wildman–Crippen LogP) is 0.367. The van der Waals surface area contributed by atoms with Crippen LogP contribution in [-0.2, 0) is 7.05 Å². The van der Waals surface area contributed by atoms with Crippen LogP contribution in [0.5, 0.6) is 0 Å². The lowest BCUT2D eigenvalue weighted by molar-refractivity contribution is 0.366. The molecule has 1 saturated heterocycles. The van der Waals surface area contributed by atoms with Crippen molar-refractivity contribution < 1.29 is 0 Å². The summed E-state index contributed by atoms with van der Waals surface area (Å²) in [5, 5.41) is 4.32. The molecule has 1 saturated carbocycles. The fourth-order valence-electron chi connectivity index (χ4n) is 3.28. The monoisotopic (exact) mass is 235 g/mol. The number of rotatable bonds is 3. The molecule has 0 bridgehead atoms. The minimum Gasteiger partial charge on any atom is -0.340 e. The second-order valence-corrected chi connectivity index (χ2v) is 5.74. The van der Waals surface area contributed by atoms with Crippen molar-refractivity contribution >= 4 is 5.95 Å². The zero-order valence-corrected chi connectivity index (χ0v) is 11.1. The van der Waals surface area contributed by atoms with Crippen molar-refractivity contribution in [3.05, 3.63) is 5.82 Å². The summed E-state index contributed by atoms with van der Waals surface area (Å²) in [6, 6.07) is 0. The Hall–Kier alpha value is -1.10. The third kappa shape index (κ3) is 1.82. The van der Waals surface area contributed by atoms with Gasteiger partial charge in [-0.15, -0.1) is 0 Å². The normalized spacial score (nSPS) is 31.1. The summed E-state index contributed by atoms with van der Waals surface area (Å²) < 4.78 is 1.90. The Kier molecular flexibility index (Phi) is 2.40. The Morgan fingerprint density at radius 3 is 2.41 bits per heavy atom. The van der Waals surface area contributed by atoms with Crippen LogP contribution in [0.4, 0.5) is 5.95 Å². The van der Waals surface area contributed by atoms with Gasteiger partial charge in [0.25, 0.3) is 0 Å². The zero-order valence-electron chi connectivity index (χ0n) is 11.1. The fourth-order valence-corrected chi connectivity index (χ4v) is 3.28. The van der Waals surface area contributed by atoms with Gasteiger partial charge in [-0.05, 0) is 38.8 Å². The quantitative estimate of drug-likeness (QED) is 0.758. The van der Waals surface area contributed by atoms with Crippen LogP contribution < -0.4 is 4.90 Å². The first-order valence-electron chi connectivity index (χ1n) is 6.33. The Balaban J connectivity index is 1.63. The molecular formula is C12H21N5. The van der Waals surface area contributed by atoms with Crippen LogP contribution in [0.3, 0.4) is 0 Å². The molecule has 17 heavy (non-hydrogen) atoms. The molecule has 3 atom stereocenters. The maximum atomic E-state index is 4.50. The van der Waals surface area contributed by atoms with E-state index in [0.29, 0.717) is 0 Å². The molecule has 2 aliphatic rings. The molecule has 3 rings (SSSR count). The second-order valence-electron chi connectivity index (χ2n) is 5.74. The van der Waals surface area contributed by atoms with Gasteiger partial charge in [0.2, 0.25) is 5.95 Å². The van der Waals surface area contributed by atoms with Crippen molar-refractivity contribution in [3.63, 3.8) is 0 Å². The smallest absolute Gasteiger partial charge is 0.223 e. The summed E-state index contributed by atoms with van der Waals surface area (Å²) in [4.78, 5) is 9.20. The van der Waals surface area contributed by atoms with E-state index >= 15 is 0 Å². The number of piperidine rings is 1. The van der Waals surface area contributed by atoms with E-state index < -0.39 is 0 Å². The second kappa shape index (κ2) is 3.70. The van der Waals surface area contributed by atoms with Crippen LogP contribution in [0.25, 0.3) is 0 Å². The van der Waals surface area contributed by atoms with Crippen LogP contribution >= 0.6 is 0 Å². The van der Waals surface area contributed by atoms with Crippen LogP contribution in [-0.4, -0.2) is 53.4 Å². The lowest BCUT2D eigenvalue weighted by Gasteiger charge is -2.21. The summed E-state index contributed by atoms with van der Waals surface area (Å²) in [5.74, 6) is 4.59. The van der Waals surface area contributed by atoms with Crippen molar-refractivity contribution in [3.8, 4) is 0 Å². The van der Waals surface area contributed by atoms with Gasteiger partial charge in [-0.25, -0.2) is 4.68 Å². The van der Waals surface area contributed by atoms with E-state index in [4.69, 9.17) is 0 Å². The zero-order chi connectivity index (χ0) is 12.2. The van der Waals surface area contributed by atoms with Gasteiger partial charge in [0.1, 0.15) is 5.82 Å². The topological polar surface area (TPSA) is 37.2 Å². The SMILES string of the molecule is Cc1nc(N2C[C@@H]3C(CN(C)C)[C@@H]3C2)n(C)n1. The highest BCUT2D eigenvalue weighted by molar-refractivity contribution is 5.36. The van der Waals surface area contributed by atoms with Gasteiger partial charge in [0, 0.05) is 26.7 Å². The highest BCUT2D eigenvalue weighted by Crippen LogP contribution is 2.52. The molecule has 0 radical (unpaired) electrons. The first-order chi connectivity index (χ1) is 8.06. The van der Waals surface area contributed by atoms with Gasteiger partial charge in [0.05, 0.1) is 0 Å². The van der Waals surface area contributed by atoms with E-state index in [9.17, 15) is 0 Å². The van der Waals surface area contributed by atoms with Gasteiger partial charge in [0.15, 0.2) is 0 Å². The van der Waals surface area contributed by atoms with Crippen molar-refractivity contribution in [2.45, 2.75) is 6.92 Å².